The number of likely N-dealkylation sites (N-methyl/N-ethyl adjacent to an activating group) is 1. The van der Waals surface area contributed by atoms with E-state index in [-0.39, 0.29) is 16.9 Å². The minimum Gasteiger partial charge on any atom is -0.497 e. The Kier molecular flexibility index (Phi) is 6.46. The van der Waals surface area contributed by atoms with Crippen LogP contribution in [-0.4, -0.2) is 24.9 Å². The number of anilines is 1. The Morgan fingerprint density at radius 3 is 2.53 bits per heavy atom. The molecule has 3 heteroatoms. The van der Waals surface area contributed by atoms with E-state index < -0.39 is 6.10 Å². The molecular formula is C31H41NO2. The molecule has 3 nitrogen and oxygen atoms in total. The van der Waals surface area contributed by atoms with Crippen LogP contribution in [0.3, 0.4) is 0 Å². The van der Waals surface area contributed by atoms with E-state index in [1.165, 1.54) is 33.5 Å². The molecule has 0 aromatic heterocycles. The van der Waals surface area contributed by atoms with Crippen molar-refractivity contribution in [3.63, 3.8) is 0 Å². The SMILES string of the molecule is Cc1cc2c(c(C3C=Cc4ccccc4N3C)c1)[C@H](CO/C(=C\C(O)C(C)(C)C)C(C)(C)C)C2. The minimum atomic E-state index is -0.547. The van der Waals surface area contributed by atoms with Crippen LogP contribution in [0.5, 0.6) is 0 Å². The smallest absolute Gasteiger partial charge is 0.0999 e. The van der Waals surface area contributed by atoms with Crippen molar-refractivity contribution >= 4 is 11.8 Å². The Morgan fingerprint density at radius 2 is 1.85 bits per heavy atom. The van der Waals surface area contributed by atoms with Crippen LogP contribution in [0.15, 0.2) is 54.3 Å². The maximum atomic E-state index is 10.7. The van der Waals surface area contributed by atoms with Crippen LogP contribution in [0.1, 0.15) is 81.3 Å². The first-order valence-electron chi connectivity index (χ1n) is 12.5. The van der Waals surface area contributed by atoms with Crippen molar-refractivity contribution in [2.75, 3.05) is 18.6 Å². The predicted octanol–water partition coefficient (Wildman–Crippen LogP) is 7.19. The van der Waals surface area contributed by atoms with E-state index in [1.54, 1.807) is 0 Å². The number of aliphatic hydroxyl groups excluding tert-OH is 1. The summed E-state index contributed by atoms with van der Waals surface area (Å²) in [6, 6.07) is 13.5. The molecule has 0 saturated heterocycles. The normalized spacial score (nSPS) is 21.0. The Balaban J connectivity index is 1.60. The van der Waals surface area contributed by atoms with Gasteiger partial charge in [0.15, 0.2) is 0 Å². The van der Waals surface area contributed by atoms with Gasteiger partial charge in [-0.2, -0.15) is 0 Å². The first-order chi connectivity index (χ1) is 15.9. The van der Waals surface area contributed by atoms with Gasteiger partial charge in [-0.15, -0.1) is 0 Å². The van der Waals surface area contributed by atoms with E-state index in [4.69, 9.17) is 4.74 Å². The average molecular weight is 460 g/mol. The monoisotopic (exact) mass is 459 g/mol. The van der Waals surface area contributed by atoms with Crippen LogP contribution < -0.4 is 4.90 Å². The lowest BCUT2D eigenvalue weighted by Crippen LogP contribution is -2.32. The van der Waals surface area contributed by atoms with Gasteiger partial charge in [-0.25, -0.2) is 0 Å². The summed E-state index contributed by atoms with van der Waals surface area (Å²) in [5.41, 5.74) is 7.75. The fraction of sp³-hybridized carbons (Fsp3) is 0.484. The van der Waals surface area contributed by atoms with E-state index >= 15 is 0 Å². The fourth-order valence-electron chi connectivity index (χ4n) is 5.03. The van der Waals surface area contributed by atoms with Crippen LogP contribution in [0.25, 0.3) is 6.08 Å². The quantitative estimate of drug-likeness (QED) is 0.480. The van der Waals surface area contributed by atoms with Gasteiger partial charge in [0.05, 0.1) is 24.5 Å². The lowest BCUT2D eigenvalue weighted by atomic mass is 9.72. The molecule has 2 unspecified atom stereocenters. The molecule has 182 valence electrons. The number of hydrogen-bond acceptors (Lipinski definition) is 3. The summed E-state index contributed by atoms with van der Waals surface area (Å²) in [5, 5.41) is 10.7. The standard InChI is InChI=1S/C31H41NO2/c1-20-15-22-17-23(19-34-28(31(5,6)7)18-27(33)30(2,3)4)29(22)24(16-20)26-14-13-21-11-9-10-12-25(21)32(26)8/h9-16,18,23,26-27,33H,17,19H2,1-8H3/b28-18-/t23-,26?,27?/m0/s1. The molecular weight excluding hydrogens is 418 g/mol. The molecule has 1 heterocycles. The molecule has 2 aromatic carbocycles. The molecule has 1 aliphatic carbocycles. The number of aryl methyl sites for hydroxylation is 1. The highest BCUT2D eigenvalue weighted by atomic mass is 16.5. The second-order valence-corrected chi connectivity index (χ2v) is 12.2. The Bertz CT molecular complexity index is 1110. The predicted molar refractivity (Wildman–Crippen MR) is 143 cm³/mol. The van der Waals surface area contributed by atoms with Crippen LogP contribution in [0.4, 0.5) is 5.69 Å². The number of aliphatic hydroxyl groups is 1. The number of rotatable bonds is 5. The number of allylic oxidation sites excluding steroid dienone is 1. The third-order valence-electron chi connectivity index (χ3n) is 7.20. The number of para-hydroxylation sites is 1. The van der Waals surface area contributed by atoms with Crippen molar-refractivity contribution in [2.45, 2.75) is 73.0 Å². The molecule has 34 heavy (non-hydrogen) atoms. The molecule has 0 saturated carbocycles. The maximum Gasteiger partial charge on any atom is 0.0999 e. The zero-order chi connectivity index (χ0) is 24.8. The van der Waals surface area contributed by atoms with Gasteiger partial charge in [-0.1, -0.05) is 89.6 Å². The summed E-state index contributed by atoms with van der Waals surface area (Å²) in [4.78, 5) is 2.39. The van der Waals surface area contributed by atoms with Gasteiger partial charge in [-0.05, 0) is 53.2 Å². The van der Waals surface area contributed by atoms with Gasteiger partial charge in [0.1, 0.15) is 0 Å². The van der Waals surface area contributed by atoms with Crippen molar-refractivity contribution < 1.29 is 9.84 Å². The largest absolute Gasteiger partial charge is 0.497 e. The van der Waals surface area contributed by atoms with E-state index in [0.717, 1.165) is 12.2 Å². The molecule has 1 N–H and O–H groups in total. The fourth-order valence-corrected chi connectivity index (χ4v) is 5.03. The Hall–Kier alpha value is -2.52. The first-order valence-corrected chi connectivity index (χ1v) is 12.5. The van der Waals surface area contributed by atoms with E-state index in [9.17, 15) is 5.11 Å². The molecule has 0 bridgehead atoms. The van der Waals surface area contributed by atoms with Gasteiger partial charge in [0, 0.05) is 24.1 Å². The zero-order valence-corrected chi connectivity index (χ0v) is 22.1. The molecule has 4 rings (SSSR count). The summed E-state index contributed by atoms with van der Waals surface area (Å²) in [7, 11) is 2.19. The van der Waals surface area contributed by atoms with E-state index in [2.05, 4.69) is 109 Å². The lowest BCUT2D eigenvalue weighted by molar-refractivity contribution is 0.0851. The van der Waals surface area contributed by atoms with Crippen molar-refractivity contribution in [1.29, 1.82) is 0 Å². The Labute approximate surface area is 206 Å². The number of benzene rings is 2. The van der Waals surface area contributed by atoms with Crippen LogP contribution >= 0.6 is 0 Å². The zero-order valence-electron chi connectivity index (χ0n) is 22.1. The summed E-state index contributed by atoms with van der Waals surface area (Å²) in [6.45, 7) is 15.4. The van der Waals surface area contributed by atoms with Crippen molar-refractivity contribution in [2.24, 2.45) is 10.8 Å². The van der Waals surface area contributed by atoms with Gasteiger partial charge in [0.2, 0.25) is 0 Å². The molecule has 0 spiro atoms. The number of nitrogens with zero attached hydrogens (tertiary/aromatic N) is 1. The minimum absolute atomic E-state index is 0.162. The van der Waals surface area contributed by atoms with Gasteiger partial charge < -0.3 is 14.7 Å². The third kappa shape index (κ3) is 4.81. The average Bonchev–Trinajstić information content (AvgIpc) is 2.72. The number of fused-ring (bicyclic) bond motifs is 2. The molecule has 2 aromatic rings. The molecule has 0 amide bonds. The van der Waals surface area contributed by atoms with Crippen LogP contribution in [-0.2, 0) is 11.2 Å². The topological polar surface area (TPSA) is 32.7 Å². The highest BCUT2D eigenvalue weighted by Crippen LogP contribution is 2.45. The molecule has 3 atom stereocenters. The van der Waals surface area contributed by atoms with Crippen LogP contribution in [0, 0.1) is 17.8 Å². The van der Waals surface area contributed by atoms with Gasteiger partial charge in [-0.3, -0.25) is 0 Å². The first kappa shape index (κ1) is 24.6. The van der Waals surface area contributed by atoms with Crippen LogP contribution in [0.2, 0.25) is 0 Å². The van der Waals surface area contributed by atoms with Crippen molar-refractivity contribution in [1.82, 2.24) is 0 Å². The van der Waals surface area contributed by atoms with E-state index in [1.807, 2.05) is 6.08 Å². The van der Waals surface area contributed by atoms with E-state index in [0.29, 0.717) is 12.5 Å². The molecule has 1 aliphatic heterocycles. The number of ether oxygens (including phenoxy) is 1. The summed E-state index contributed by atoms with van der Waals surface area (Å²) >= 11 is 0. The lowest BCUT2D eigenvalue weighted by Gasteiger charge is -2.40. The summed E-state index contributed by atoms with van der Waals surface area (Å²) < 4.78 is 6.46. The third-order valence-corrected chi connectivity index (χ3v) is 7.20. The highest BCUT2D eigenvalue weighted by Gasteiger charge is 2.35. The molecule has 0 fully saturated rings. The summed E-state index contributed by atoms with van der Waals surface area (Å²) in [6.07, 6.45) is 7.00. The summed E-state index contributed by atoms with van der Waals surface area (Å²) in [5.74, 6) is 1.24. The molecule has 0 radical (unpaired) electrons. The van der Waals surface area contributed by atoms with Gasteiger partial charge >= 0.3 is 0 Å². The second-order valence-electron chi connectivity index (χ2n) is 12.2. The molecule has 2 aliphatic rings. The van der Waals surface area contributed by atoms with Crippen molar-refractivity contribution in [3.8, 4) is 0 Å². The van der Waals surface area contributed by atoms with Gasteiger partial charge in [0.25, 0.3) is 0 Å². The van der Waals surface area contributed by atoms with Crippen molar-refractivity contribution in [3.05, 3.63) is 82.1 Å². The highest BCUT2D eigenvalue weighted by molar-refractivity contribution is 5.73. The number of hydrogen-bond donors (Lipinski definition) is 1. The second kappa shape index (κ2) is 8.92. The maximum absolute atomic E-state index is 10.7. The Morgan fingerprint density at radius 1 is 1.15 bits per heavy atom.